The summed E-state index contributed by atoms with van der Waals surface area (Å²) in [5, 5.41) is 12.3. The molecule has 2 heterocycles. The van der Waals surface area contributed by atoms with E-state index in [0.717, 1.165) is 25.5 Å². The van der Waals surface area contributed by atoms with Gasteiger partial charge in [0.05, 0.1) is 6.54 Å². The van der Waals surface area contributed by atoms with Crippen molar-refractivity contribution < 1.29 is 0 Å². The van der Waals surface area contributed by atoms with Crippen molar-refractivity contribution in [2.75, 3.05) is 13.1 Å². The van der Waals surface area contributed by atoms with Crippen LogP contribution in [0.1, 0.15) is 56.0 Å². The SMILES string of the molecule is c1ccc(CN2CC[C@H](NCc3nncn3C3CCCCC3)C2)cc1. The number of likely N-dealkylation sites (tertiary alicyclic amines) is 1. The van der Waals surface area contributed by atoms with Gasteiger partial charge in [0.25, 0.3) is 0 Å². The van der Waals surface area contributed by atoms with E-state index in [9.17, 15) is 0 Å². The average molecular weight is 339 g/mol. The summed E-state index contributed by atoms with van der Waals surface area (Å²) in [6.07, 6.45) is 9.76. The van der Waals surface area contributed by atoms with Crippen LogP contribution in [0, 0.1) is 0 Å². The zero-order chi connectivity index (χ0) is 16.9. The Morgan fingerprint density at radius 2 is 1.88 bits per heavy atom. The van der Waals surface area contributed by atoms with Crippen LogP contribution in [0.2, 0.25) is 0 Å². The minimum absolute atomic E-state index is 0.556. The van der Waals surface area contributed by atoms with E-state index in [4.69, 9.17) is 0 Å². The second-order valence-corrected chi connectivity index (χ2v) is 7.53. The molecule has 25 heavy (non-hydrogen) atoms. The average Bonchev–Trinajstić information content (AvgIpc) is 3.31. The second kappa shape index (κ2) is 8.11. The Morgan fingerprint density at radius 3 is 2.72 bits per heavy atom. The normalized spacial score (nSPS) is 22.5. The molecular weight excluding hydrogens is 310 g/mol. The third kappa shape index (κ3) is 4.28. The Hall–Kier alpha value is -1.72. The molecule has 1 saturated heterocycles. The van der Waals surface area contributed by atoms with E-state index in [1.165, 1.54) is 50.6 Å². The van der Waals surface area contributed by atoms with Gasteiger partial charge in [-0.2, -0.15) is 0 Å². The summed E-state index contributed by atoms with van der Waals surface area (Å²) in [6.45, 7) is 4.17. The van der Waals surface area contributed by atoms with Crippen molar-refractivity contribution in [1.82, 2.24) is 25.0 Å². The van der Waals surface area contributed by atoms with Gasteiger partial charge in [0.1, 0.15) is 12.2 Å². The molecule has 0 bridgehead atoms. The maximum atomic E-state index is 4.38. The number of benzene rings is 1. The van der Waals surface area contributed by atoms with Gasteiger partial charge >= 0.3 is 0 Å². The van der Waals surface area contributed by atoms with Crippen LogP contribution in [0.5, 0.6) is 0 Å². The first-order chi connectivity index (χ1) is 12.4. The van der Waals surface area contributed by atoms with Gasteiger partial charge in [0, 0.05) is 31.7 Å². The lowest BCUT2D eigenvalue weighted by molar-refractivity contribution is 0.316. The number of aromatic nitrogens is 3. The first kappa shape index (κ1) is 16.7. The predicted molar refractivity (Wildman–Crippen MR) is 99.1 cm³/mol. The molecule has 1 N–H and O–H groups in total. The zero-order valence-electron chi connectivity index (χ0n) is 15.0. The lowest BCUT2D eigenvalue weighted by Gasteiger charge is -2.24. The Balaban J connectivity index is 1.27. The van der Waals surface area contributed by atoms with Crippen molar-refractivity contribution in [2.24, 2.45) is 0 Å². The van der Waals surface area contributed by atoms with Gasteiger partial charge in [-0.05, 0) is 24.8 Å². The van der Waals surface area contributed by atoms with E-state index in [0.29, 0.717) is 12.1 Å². The van der Waals surface area contributed by atoms with E-state index in [1.54, 1.807) is 0 Å². The highest BCUT2D eigenvalue weighted by atomic mass is 15.3. The van der Waals surface area contributed by atoms with E-state index in [2.05, 4.69) is 55.3 Å². The molecule has 5 heteroatoms. The summed E-state index contributed by atoms with van der Waals surface area (Å²) < 4.78 is 2.32. The molecule has 0 unspecified atom stereocenters. The highest BCUT2D eigenvalue weighted by Crippen LogP contribution is 2.28. The van der Waals surface area contributed by atoms with E-state index in [-0.39, 0.29) is 0 Å². The minimum Gasteiger partial charge on any atom is -0.313 e. The summed E-state index contributed by atoms with van der Waals surface area (Å²) in [7, 11) is 0. The maximum absolute atomic E-state index is 4.38. The molecule has 134 valence electrons. The van der Waals surface area contributed by atoms with Crippen molar-refractivity contribution in [1.29, 1.82) is 0 Å². The molecule has 1 aliphatic carbocycles. The molecule has 1 aliphatic heterocycles. The summed E-state index contributed by atoms with van der Waals surface area (Å²) in [4.78, 5) is 2.54. The van der Waals surface area contributed by atoms with Gasteiger partial charge in [-0.1, -0.05) is 49.6 Å². The predicted octanol–water partition coefficient (Wildman–Crippen LogP) is 3.15. The Labute approximate surface area is 150 Å². The number of nitrogens with zero attached hydrogens (tertiary/aromatic N) is 4. The number of hydrogen-bond acceptors (Lipinski definition) is 4. The van der Waals surface area contributed by atoms with Gasteiger partial charge in [0.2, 0.25) is 0 Å². The van der Waals surface area contributed by atoms with Crippen LogP contribution in [-0.4, -0.2) is 38.8 Å². The second-order valence-electron chi connectivity index (χ2n) is 7.53. The highest BCUT2D eigenvalue weighted by Gasteiger charge is 2.23. The molecule has 1 aromatic carbocycles. The van der Waals surface area contributed by atoms with Gasteiger partial charge in [-0.3, -0.25) is 4.90 Å². The third-order valence-corrected chi connectivity index (χ3v) is 5.69. The Bertz CT molecular complexity index is 647. The third-order valence-electron chi connectivity index (χ3n) is 5.69. The van der Waals surface area contributed by atoms with E-state index >= 15 is 0 Å². The largest absolute Gasteiger partial charge is 0.313 e. The summed E-state index contributed by atoms with van der Waals surface area (Å²) in [5.41, 5.74) is 1.40. The van der Waals surface area contributed by atoms with Crippen LogP contribution in [0.4, 0.5) is 0 Å². The number of hydrogen-bond donors (Lipinski definition) is 1. The molecule has 2 fully saturated rings. The standard InChI is InChI=1S/C20H29N5/c1-3-7-17(8-4-1)14-24-12-11-18(15-24)21-13-20-23-22-16-25(20)19-9-5-2-6-10-19/h1,3-4,7-8,16,18-19,21H,2,5-6,9-15H2/t18-/m0/s1. The molecule has 1 aromatic heterocycles. The molecule has 0 amide bonds. The maximum Gasteiger partial charge on any atom is 0.147 e. The summed E-state index contributed by atoms with van der Waals surface area (Å²) in [5.74, 6) is 1.11. The molecule has 4 rings (SSSR count). The van der Waals surface area contributed by atoms with E-state index in [1.807, 2.05) is 6.33 Å². The topological polar surface area (TPSA) is 46.0 Å². The lowest BCUT2D eigenvalue weighted by atomic mass is 9.95. The van der Waals surface area contributed by atoms with Crippen molar-refractivity contribution in [3.05, 3.63) is 48.0 Å². The first-order valence-corrected chi connectivity index (χ1v) is 9.76. The van der Waals surface area contributed by atoms with Crippen LogP contribution in [0.15, 0.2) is 36.7 Å². The van der Waals surface area contributed by atoms with Crippen LogP contribution >= 0.6 is 0 Å². The highest BCUT2D eigenvalue weighted by molar-refractivity contribution is 5.14. The Morgan fingerprint density at radius 1 is 1.04 bits per heavy atom. The number of rotatable bonds is 6. The smallest absolute Gasteiger partial charge is 0.147 e. The van der Waals surface area contributed by atoms with Crippen LogP contribution in [0.3, 0.4) is 0 Å². The fourth-order valence-electron chi connectivity index (χ4n) is 4.28. The molecule has 0 radical (unpaired) electrons. The molecular formula is C20H29N5. The quantitative estimate of drug-likeness (QED) is 0.878. The van der Waals surface area contributed by atoms with Gasteiger partial charge < -0.3 is 9.88 Å². The number of nitrogens with one attached hydrogen (secondary N) is 1. The van der Waals surface area contributed by atoms with Gasteiger partial charge in [-0.15, -0.1) is 10.2 Å². The monoisotopic (exact) mass is 339 g/mol. The molecule has 1 saturated carbocycles. The zero-order valence-corrected chi connectivity index (χ0v) is 15.0. The Kier molecular flexibility index (Phi) is 5.43. The van der Waals surface area contributed by atoms with Crippen molar-refractivity contribution in [3.63, 3.8) is 0 Å². The van der Waals surface area contributed by atoms with Crippen LogP contribution < -0.4 is 5.32 Å². The van der Waals surface area contributed by atoms with E-state index < -0.39 is 0 Å². The summed E-state index contributed by atoms with van der Waals surface area (Å²) in [6, 6.07) is 11.9. The fraction of sp³-hybridized carbons (Fsp3) is 0.600. The first-order valence-electron chi connectivity index (χ1n) is 9.76. The molecule has 0 spiro atoms. The van der Waals surface area contributed by atoms with Gasteiger partial charge in [0.15, 0.2) is 0 Å². The lowest BCUT2D eigenvalue weighted by Crippen LogP contribution is -2.33. The minimum atomic E-state index is 0.556. The van der Waals surface area contributed by atoms with Crippen LogP contribution in [0.25, 0.3) is 0 Å². The van der Waals surface area contributed by atoms with Gasteiger partial charge in [-0.25, -0.2) is 0 Å². The fourth-order valence-corrected chi connectivity index (χ4v) is 4.28. The van der Waals surface area contributed by atoms with Crippen molar-refractivity contribution in [3.8, 4) is 0 Å². The molecule has 2 aliphatic rings. The molecule has 1 atom stereocenters. The summed E-state index contributed by atoms with van der Waals surface area (Å²) >= 11 is 0. The molecule has 2 aromatic rings. The van der Waals surface area contributed by atoms with Crippen molar-refractivity contribution in [2.45, 2.75) is 63.7 Å². The van der Waals surface area contributed by atoms with Crippen molar-refractivity contribution >= 4 is 0 Å². The van der Waals surface area contributed by atoms with Crippen LogP contribution in [-0.2, 0) is 13.1 Å². The molecule has 5 nitrogen and oxygen atoms in total.